The highest BCUT2D eigenvalue weighted by Gasteiger charge is 2.31. The van der Waals surface area contributed by atoms with Crippen LogP contribution in [0.5, 0.6) is 0 Å². The molecule has 5 rings (SSSR count). The highest BCUT2D eigenvalue weighted by Crippen LogP contribution is 2.50. The van der Waals surface area contributed by atoms with Crippen LogP contribution in [0.15, 0.2) is 78.9 Å². The Morgan fingerprint density at radius 1 is 0.603 bits per heavy atom. The lowest BCUT2D eigenvalue weighted by atomic mass is 9.95. The van der Waals surface area contributed by atoms with Crippen LogP contribution in [0, 0.1) is 21.5 Å². The fourth-order valence-electron chi connectivity index (χ4n) is 4.62. The highest BCUT2D eigenvalue weighted by atomic mass is 127. The molecule has 0 aromatic heterocycles. The number of rotatable bonds is 7. The molecule has 1 aliphatic heterocycles. The van der Waals surface area contributed by atoms with Gasteiger partial charge < -0.3 is 22.1 Å². The molecule has 2 amide bonds. The van der Waals surface area contributed by atoms with Gasteiger partial charge in [-0.15, -0.1) is 23.5 Å². The molecule has 1 fully saturated rings. The number of anilines is 4. The minimum atomic E-state index is -0.428. The van der Waals surface area contributed by atoms with E-state index in [1.54, 1.807) is 67.6 Å². The van der Waals surface area contributed by atoms with Crippen LogP contribution >= 0.6 is 117 Å². The van der Waals surface area contributed by atoms with Gasteiger partial charge in [-0.05, 0) is 203 Å². The summed E-state index contributed by atoms with van der Waals surface area (Å²) in [6, 6.07) is 23.8. The Morgan fingerprint density at radius 3 is 1.35 bits per heavy atom. The number of nitrogens with two attached hydrogens (primary N) is 2. The average Bonchev–Trinajstić information content (AvgIpc) is 3.20. The second kappa shape index (κ2) is 28.3. The zero-order valence-electron chi connectivity index (χ0n) is 37.6. The number of thiol groups is 2. The summed E-state index contributed by atoms with van der Waals surface area (Å²) in [4.78, 5) is 56.7. The fraction of sp³-hybridized carbons (Fsp3) is 0.383. The van der Waals surface area contributed by atoms with Gasteiger partial charge in [-0.25, -0.2) is 0 Å². The fourth-order valence-corrected chi connectivity index (χ4v) is 9.39. The summed E-state index contributed by atoms with van der Waals surface area (Å²) in [6.45, 7) is 18.3. The van der Waals surface area contributed by atoms with Crippen LogP contribution in [0.1, 0.15) is 112 Å². The van der Waals surface area contributed by atoms with Gasteiger partial charge in [0.05, 0.1) is 15.5 Å². The van der Waals surface area contributed by atoms with Crippen molar-refractivity contribution in [1.82, 2.24) is 0 Å². The van der Waals surface area contributed by atoms with E-state index < -0.39 is 5.41 Å². The monoisotopic (exact) mass is 1270 g/mol. The van der Waals surface area contributed by atoms with Crippen molar-refractivity contribution in [3.8, 4) is 0 Å². The third-order valence-electron chi connectivity index (χ3n) is 8.60. The first-order valence-electron chi connectivity index (χ1n) is 19.8. The molecular formula is C47H61I3N4O5S4. The standard InChI is InChI=1S/C16H22INOS2.C13H16INO2.C8H8INO.C8H9NO.C2H6S2/c1-15(2,3)14(19)18-13-7-6-11(10-12(13)17)16(4)20-8-5-9-21-16;1-8(16)9-5-6-11(10(14)7-9)15-12(17)13(2,3)4;1-5(11)6-2-3-8(10)7(9)4-6;1-6(10)7-2-4-8(9)5-3-7;3-1-2-4/h6-7,10H,5,8-9H2,1-4H3,(H,18,19);5-7H,1-4H3,(H,15,17);2-4H,10H2,1H3;2-5H,9H2,1H3;3-4H,1-2H2. The molecule has 1 heterocycles. The van der Waals surface area contributed by atoms with Gasteiger partial charge in [0.1, 0.15) is 0 Å². The Morgan fingerprint density at radius 2 is 0.984 bits per heavy atom. The quantitative estimate of drug-likeness (QED) is 0.0458. The second-order valence-electron chi connectivity index (χ2n) is 16.3. The van der Waals surface area contributed by atoms with Crippen molar-refractivity contribution in [3.63, 3.8) is 0 Å². The predicted octanol–water partition coefficient (Wildman–Crippen LogP) is 13.2. The maximum Gasteiger partial charge on any atom is 0.229 e. The van der Waals surface area contributed by atoms with Crippen LogP contribution in [-0.4, -0.2) is 52.2 Å². The van der Waals surface area contributed by atoms with E-state index in [1.807, 2.05) is 71.1 Å². The molecule has 0 atom stereocenters. The molecular weight excluding hydrogens is 1210 g/mol. The topological polar surface area (TPSA) is 161 Å². The predicted molar refractivity (Wildman–Crippen MR) is 304 cm³/mol. The van der Waals surface area contributed by atoms with Crippen molar-refractivity contribution >= 4 is 168 Å². The molecule has 0 saturated carbocycles. The Kier molecular flexibility index (Phi) is 26.5. The molecule has 0 unspecified atom stereocenters. The molecule has 0 aliphatic carbocycles. The third kappa shape index (κ3) is 21.9. The van der Waals surface area contributed by atoms with Gasteiger partial charge in [0, 0.05) is 49.6 Å². The Balaban J connectivity index is 0.000000423. The molecule has 1 saturated heterocycles. The van der Waals surface area contributed by atoms with Crippen molar-refractivity contribution in [1.29, 1.82) is 0 Å². The molecule has 63 heavy (non-hydrogen) atoms. The van der Waals surface area contributed by atoms with Gasteiger partial charge in [-0.3, -0.25) is 24.0 Å². The lowest BCUT2D eigenvalue weighted by Crippen LogP contribution is -2.28. The SMILES string of the molecule is CC(=O)c1ccc(N)c(I)c1.CC(=O)c1ccc(N)cc1.CC(=O)c1ccc(NC(=O)C(C)(C)C)c(I)c1.CC(C)(C)C(=O)Nc1ccc(C2(C)SCCCS2)cc1I.SCCS. The molecule has 9 nitrogen and oxygen atoms in total. The zero-order chi connectivity index (χ0) is 48.3. The summed E-state index contributed by atoms with van der Waals surface area (Å²) in [5, 5.41) is 5.89. The molecule has 0 spiro atoms. The number of Topliss-reactive ketones (excluding diaryl/α,β-unsaturated/α-hetero) is 3. The molecule has 4 aromatic rings. The minimum absolute atomic E-state index is 0.0246. The number of ketones is 3. The number of carbonyl (C=O) groups excluding carboxylic acids is 5. The van der Waals surface area contributed by atoms with Crippen LogP contribution in [-0.2, 0) is 13.7 Å². The third-order valence-corrected chi connectivity index (χ3v) is 15.4. The molecule has 1 aliphatic rings. The first-order valence-corrected chi connectivity index (χ1v) is 26.3. The van der Waals surface area contributed by atoms with E-state index in [1.165, 1.54) is 37.3 Å². The number of hydrogen-bond donors (Lipinski definition) is 6. The molecule has 0 bridgehead atoms. The maximum absolute atomic E-state index is 12.1. The van der Waals surface area contributed by atoms with Gasteiger partial charge in [0.25, 0.3) is 0 Å². The van der Waals surface area contributed by atoms with Gasteiger partial charge in [-0.2, -0.15) is 25.3 Å². The van der Waals surface area contributed by atoms with E-state index in [9.17, 15) is 24.0 Å². The van der Waals surface area contributed by atoms with E-state index in [0.717, 1.165) is 39.3 Å². The number of amides is 2. The van der Waals surface area contributed by atoms with E-state index in [-0.39, 0.29) is 38.7 Å². The lowest BCUT2D eigenvalue weighted by molar-refractivity contribution is -0.123. The highest BCUT2D eigenvalue weighted by molar-refractivity contribution is 14.1. The van der Waals surface area contributed by atoms with Crippen molar-refractivity contribution in [2.45, 2.75) is 79.7 Å². The Labute approximate surface area is 435 Å². The van der Waals surface area contributed by atoms with Gasteiger partial charge in [0.2, 0.25) is 11.8 Å². The molecule has 4 aromatic carbocycles. The summed E-state index contributed by atoms with van der Waals surface area (Å²) in [5.74, 6) is 4.39. The van der Waals surface area contributed by atoms with Crippen molar-refractivity contribution < 1.29 is 24.0 Å². The lowest BCUT2D eigenvalue weighted by Gasteiger charge is -2.33. The smallest absolute Gasteiger partial charge is 0.229 e. The zero-order valence-corrected chi connectivity index (χ0v) is 47.5. The van der Waals surface area contributed by atoms with Crippen LogP contribution in [0.2, 0.25) is 0 Å². The summed E-state index contributed by atoms with van der Waals surface area (Å²) >= 11 is 18.3. The average molecular weight is 1270 g/mol. The van der Waals surface area contributed by atoms with Crippen molar-refractivity contribution in [2.24, 2.45) is 10.8 Å². The summed E-state index contributed by atoms with van der Waals surface area (Å²) in [6.07, 6.45) is 1.29. The number of nitrogens with one attached hydrogen (secondary N) is 2. The van der Waals surface area contributed by atoms with E-state index in [0.29, 0.717) is 22.4 Å². The van der Waals surface area contributed by atoms with Gasteiger partial charge >= 0.3 is 0 Å². The first kappa shape index (κ1) is 59.0. The van der Waals surface area contributed by atoms with Gasteiger partial charge in [-0.1, -0.05) is 47.6 Å². The summed E-state index contributed by atoms with van der Waals surface area (Å²) in [5.41, 5.74) is 16.7. The molecule has 0 radical (unpaired) electrons. The number of nitrogen functional groups attached to an aromatic ring is 2. The number of carbonyl (C=O) groups is 5. The van der Waals surface area contributed by atoms with E-state index in [4.69, 9.17) is 11.5 Å². The maximum atomic E-state index is 12.1. The van der Waals surface area contributed by atoms with Crippen LogP contribution < -0.4 is 22.1 Å². The number of hydrogen-bond acceptors (Lipinski definition) is 11. The van der Waals surface area contributed by atoms with Crippen LogP contribution in [0.25, 0.3) is 0 Å². The number of benzene rings is 4. The first-order chi connectivity index (χ1) is 29.2. The Hall–Kier alpha value is -1.98. The largest absolute Gasteiger partial charge is 0.399 e. The summed E-state index contributed by atoms with van der Waals surface area (Å²) in [7, 11) is 0. The Bertz CT molecular complexity index is 2170. The second-order valence-corrected chi connectivity index (χ2v) is 23.9. The molecule has 344 valence electrons. The van der Waals surface area contributed by atoms with E-state index in [2.05, 4.69) is 123 Å². The van der Waals surface area contributed by atoms with Crippen LogP contribution in [0.3, 0.4) is 0 Å². The number of halogens is 3. The number of thioether (sulfide) groups is 2. The molecule has 6 N–H and O–H groups in total. The minimum Gasteiger partial charge on any atom is -0.399 e. The van der Waals surface area contributed by atoms with Gasteiger partial charge in [0.15, 0.2) is 17.3 Å². The summed E-state index contributed by atoms with van der Waals surface area (Å²) < 4.78 is 3.05. The van der Waals surface area contributed by atoms with Crippen molar-refractivity contribution in [2.75, 3.05) is 45.1 Å². The normalized spacial score (nSPS) is 12.7. The van der Waals surface area contributed by atoms with E-state index >= 15 is 0 Å². The van der Waals surface area contributed by atoms with Crippen LogP contribution in [0.4, 0.5) is 22.7 Å². The van der Waals surface area contributed by atoms with Crippen molar-refractivity contribution in [3.05, 3.63) is 112 Å². The molecule has 16 heteroatoms.